The quantitative estimate of drug-likeness (QED) is 0.595. The molecule has 1 unspecified atom stereocenters. The number of carbonyl (C=O) groups excluding carboxylic acids is 1. The van der Waals surface area contributed by atoms with E-state index < -0.39 is 0 Å². The summed E-state index contributed by atoms with van der Waals surface area (Å²) in [5.41, 5.74) is 5.59. The predicted octanol–water partition coefficient (Wildman–Crippen LogP) is 3.58. The van der Waals surface area contributed by atoms with Crippen LogP contribution < -0.4 is 4.90 Å². The number of anilines is 1. The topological polar surface area (TPSA) is 57.9 Å². The maximum absolute atomic E-state index is 13.3. The molecule has 3 aromatic rings. The molecule has 2 aliphatic heterocycles. The SMILES string of the molecule is CN1c2ccccc2C(=O)N2CCc3c(n(CCCOCCCO)c4ccccc34)C21. The van der Waals surface area contributed by atoms with Gasteiger partial charge in [-0.25, -0.2) is 0 Å². The van der Waals surface area contributed by atoms with Gasteiger partial charge < -0.3 is 24.2 Å². The van der Waals surface area contributed by atoms with Gasteiger partial charge in [-0.3, -0.25) is 4.79 Å². The molecule has 5 rings (SSSR count). The summed E-state index contributed by atoms with van der Waals surface area (Å²) in [4.78, 5) is 17.6. The molecule has 6 heteroatoms. The Kier molecular flexibility index (Phi) is 5.42. The van der Waals surface area contributed by atoms with Gasteiger partial charge in [-0.05, 0) is 43.0 Å². The lowest BCUT2D eigenvalue weighted by Crippen LogP contribution is -2.51. The molecule has 2 aromatic carbocycles. The summed E-state index contributed by atoms with van der Waals surface area (Å²) in [6.45, 7) is 2.98. The Balaban J connectivity index is 1.54. The second kappa shape index (κ2) is 8.36. The molecule has 162 valence electrons. The van der Waals surface area contributed by atoms with Gasteiger partial charge in [-0.2, -0.15) is 0 Å². The molecular weight excluding hydrogens is 390 g/mol. The monoisotopic (exact) mass is 419 g/mol. The van der Waals surface area contributed by atoms with Crippen molar-refractivity contribution in [3.8, 4) is 0 Å². The summed E-state index contributed by atoms with van der Waals surface area (Å²) >= 11 is 0. The number of benzene rings is 2. The molecule has 0 radical (unpaired) electrons. The number of hydrogen-bond donors (Lipinski definition) is 1. The van der Waals surface area contributed by atoms with Crippen LogP contribution in [0.5, 0.6) is 0 Å². The molecule has 2 aliphatic rings. The van der Waals surface area contributed by atoms with Gasteiger partial charge in [0.2, 0.25) is 0 Å². The van der Waals surface area contributed by atoms with E-state index in [9.17, 15) is 4.79 Å². The lowest BCUT2D eigenvalue weighted by atomic mass is 9.96. The Morgan fingerprint density at radius 2 is 1.84 bits per heavy atom. The number of aliphatic hydroxyl groups excluding tert-OH is 1. The van der Waals surface area contributed by atoms with E-state index in [0.717, 1.165) is 37.2 Å². The van der Waals surface area contributed by atoms with Gasteiger partial charge in [0.05, 0.1) is 16.9 Å². The van der Waals surface area contributed by atoms with Crippen LogP contribution in [0.3, 0.4) is 0 Å². The fourth-order valence-electron chi connectivity index (χ4n) is 5.14. The largest absolute Gasteiger partial charge is 0.396 e. The van der Waals surface area contributed by atoms with E-state index in [1.165, 1.54) is 22.2 Å². The number of ether oxygens (including phenoxy) is 1. The third-order valence-corrected chi connectivity index (χ3v) is 6.52. The van der Waals surface area contributed by atoms with E-state index in [0.29, 0.717) is 19.6 Å². The fourth-order valence-corrected chi connectivity index (χ4v) is 5.14. The van der Waals surface area contributed by atoms with Crippen LogP contribution in [0.25, 0.3) is 10.9 Å². The van der Waals surface area contributed by atoms with E-state index in [4.69, 9.17) is 9.84 Å². The summed E-state index contributed by atoms with van der Waals surface area (Å²) < 4.78 is 8.07. The number of aromatic nitrogens is 1. The average Bonchev–Trinajstić information content (AvgIpc) is 3.13. The maximum Gasteiger partial charge on any atom is 0.257 e. The minimum Gasteiger partial charge on any atom is -0.396 e. The van der Waals surface area contributed by atoms with Crippen LogP contribution in [0.2, 0.25) is 0 Å². The highest BCUT2D eigenvalue weighted by Crippen LogP contribution is 2.44. The Bertz CT molecular complexity index is 1110. The molecule has 1 amide bonds. The number of aliphatic hydroxyl groups is 1. The maximum atomic E-state index is 13.3. The van der Waals surface area contributed by atoms with Gasteiger partial charge in [-0.1, -0.05) is 30.3 Å². The molecule has 3 heterocycles. The zero-order valence-electron chi connectivity index (χ0n) is 18.0. The van der Waals surface area contributed by atoms with Crippen molar-refractivity contribution in [1.82, 2.24) is 9.47 Å². The van der Waals surface area contributed by atoms with Crippen LogP contribution in [0, 0.1) is 0 Å². The fraction of sp³-hybridized carbons (Fsp3) is 0.400. The minimum absolute atomic E-state index is 0.103. The van der Waals surface area contributed by atoms with Gasteiger partial charge in [0.1, 0.15) is 6.17 Å². The van der Waals surface area contributed by atoms with Crippen LogP contribution >= 0.6 is 0 Å². The van der Waals surface area contributed by atoms with Gasteiger partial charge in [-0.15, -0.1) is 0 Å². The van der Waals surface area contributed by atoms with Crippen LogP contribution in [0.4, 0.5) is 5.69 Å². The average molecular weight is 420 g/mol. The second-order valence-electron chi connectivity index (χ2n) is 8.33. The van der Waals surface area contributed by atoms with Gasteiger partial charge >= 0.3 is 0 Å². The standard InChI is InChI=1S/C25H29N3O3/c1-26-21-10-4-3-9-20(21)25(30)28-14-12-19-18-8-2-5-11-22(18)27(23(19)24(26)28)13-6-16-31-17-7-15-29/h2-5,8-11,24,29H,6-7,12-17H2,1H3. The van der Waals surface area contributed by atoms with E-state index in [1.54, 1.807) is 0 Å². The molecule has 0 saturated heterocycles. The molecule has 6 nitrogen and oxygen atoms in total. The van der Waals surface area contributed by atoms with Crippen LogP contribution in [-0.2, 0) is 17.7 Å². The van der Waals surface area contributed by atoms with Gasteiger partial charge in [0.25, 0.3) is 5.91 Å². The highest BCUT2D eigenvalue weighted by atomic mass is 16.5. The third-order valence-electron chi connectivity index (χ3n) is 6.52. The number of carbonyl (C=O) groups is 1. The summed E-state index contributed by atoms with van der Waals surface area (Å²) in [6, 6.07) is 16.5. The number of aryl methyl sites for hydroxylation is 1. The first-order valence-electron chi connectivity index (χ1n) is 11.1. The number of fused-ring (bicyclic) bond motifs is 6. The first kappa shape index (κ1) is 20.1. The molecule has 1 aromatic heterocycles. The van der Waals surface area contributed by atoms with Crippen LogP contribution in [0.15, 0.2) is 48.5 Å². The smallest absolute Gasteiger partial charge is 0.257 e. The van der Waals surface area contributed by atoms with Crippen molar-refractivity contribution < 1.29 is 14.6 Å². The van der Waals surface area contributed by atoms with Crippen molar-refractivity contribution in [2.24, 2.45) is 0 Å². The normalized spacial score (nSPS) is 17.6. The van der Waals surface area contributed by atoms with Crippen molar-refractivity contribution >= 4 is 22.5 Å². The highest BCUT2D eigenvalue weighted by molar-refractivity contribution is 6.02. The van der Waals surface area contributed by atoms with Crippen molar-refractivity contribution in [2.45, 2.75) is 32.0 Å². The Morgan fingerprint density at radius 1 is 1.06 bits per heavy atom. The first-order chi connectivity index (χ1) is 15.2. The summed E-state index contributed by atoms with van der Waals surface area (Å²) in [5, 5.41) is 10.2. The van der Waals surface area contributed by atoms with Crippen molar-refractivity contribution in [1.29, 1.82) is 0 Å². The van der Waals surface area contributed by atoms with E-state index in [1.807, 2.05) is 29.2 Å². The highest BCUT2D eigenvalue weighted by Gasteiger charge is 2.42. The van der Waals surface area contributed by atoms with Gasteiger partial charge in [0, 0.05) is 50.9 Å². The van der Waals surface area contributed by atoms with E-state index >= 15 is 0 Å². The van der Waals surface area contributed by atoms with Gasteiger partial charge in [0.15, 0.2) is 0 Å². The van der Waals surface area contributed by atoms with E-state index in [-0.39, 0.29) is 18.7 Å². The van der Waals surface area contributed by atoms with Crippen molar-refractivity contribution in [3.05, 3.63) is 65.4 Å². The summed E-state index contributed by atoms with van der Waals surface area (Å²) in [7, 11) is 2.10. The molecule has 0 spiro atoms. The number of amides is 1. The predicted molar refractivity (Wildman–Crippen MR) is 121 cm³/mol. The summed E-state index contributed by atoms with van der Waals surface area (Å²) in [5.74, 6) is 0.119. The molecule has 0 aliphatic carbocycles. The van der Waals surface area contributed by atoms with Crippen molar-refractivity contribution in [2.75, 3.05) is 38.3 Å². The summed E-state index contributed by atoms with van der Waals surface area (Å²) in [6.07, 6.45) is 2.32. The second-order valence-corrected chi connectivity index (χ2v) is 8.33. The molecule has 0 saturated carbocycles. The molecule has 31 heavy (non-hydrogen) atoms. The van der Waals surface area contributed by atoms with Crippen LogP contribution in [0.1, 0.15) is 40.6 Å². The zero-order valence-corrected chi connectivity index (χ0v) is 18.0. The first-order valence-corrected chi connectivity index (χ1v) is 11.1. The molecule has 1 atom stereocenters. The number of nitrogens with zero attached hydrogens (tertiary/aromatic N) is 3. The molecule has 1 N–H and O–H groups in total. The Hall–Kier alpha value is -2.83. The molecule has 0 fully saturated rings. The number of hydrogen-bond acceptors (Lipinski definition) is 4. The number of para-hydroxylation sites is 2. The lowest BCUT2D eigenvalue weighted by Gasteiger charge is -2.46. The van der Waals surface area contributed by atoms with E-state index in [2.05, 4.69) is 40.8 Å². The van der Waals surface area contributed by atoms with Crippen LogP contribution in [-0.4, -0.2) is 53.9 Å². The number of rotatable bonds is 7. The Morgan fingerprint density at radius 3 is 2.71 bits per heavy atom. The zero-order chi connectivity index (χ0) is 21.4. The minimum atomic E-state index is -0.103. The Labute approximate surface area is 182 Å². The van der Waals surface area contributed by atoms with Crippen molar-refractivity contribution in [3.63, 3.8) is 0 Å². The third kappa shape index (κ3) is 3.30. The molecular formula is C25H29N3O3. The molecule has 0 bridgehead atoms. The lowest BCUT2D eigenvalue weighted by molar-refractivity contribution is 0.0627.